The van der Waals surface area contributed by atoms with E-state index in [1.54, 1.807) is 25.1 Å². The van der Waals surface area contributed by atoms with E-state index in [2.05, 4.69) is 5.32 Å². The summed E-state index contributed by atoms with van der Waals surface area (Å²) < 4.78 is 31.2. The van der Waals surface area contributed by atoms with Crippen LogP contribution in [-0.4, -0.2) is 24.0 Å². The Kier molecular flexibility index (Phi) is 3.65. The molecule has 0 heterocycles. The number of hydrogen-bond donors (Lipinski definition) is 3. The Bertz CT molecular complexity index is 783. The van der Waals surface area contributed by atoms with Crippen LogP contribution in [0.1, 0.15) is 13.3 Å². The summed E-state index contributed by atoms with van der Waals surface area (Å²) in [6.45, 7) is 1.69. The van der Waals surface area contributed by atoms with Gasteiger partial charge >= 0.3 is 0 Å². The summed E-state index contributed by atoms with van der Waals surface area (Å²) in [6, 6.07) is 6.96. The Balaban J connectivity index is 2.68. The molecule has 2 rings (SSSR count). The number of carbonyl (C=O) groups is 1. The minimum Gasteiger partial charge on any atom is -0.507 e. The van der Waals surface area contributed by atoms with Crippen LogP contribution in [0.15, 0.2) is 35.2 Å². The minimum atomic E-state index is -4.40. The standard InChI is InChI=1S/C13H13NO5S/c1-2-12(16)14-10-5-3-4-8-6-9(20(17,18)19)7-11(15)13(8)10/h3-7,15H,2H2,1H3,(H,14,16)(H,17,18,19). The number of amides is 1. The molecular formula is C13H13NO5S. The highest BCUT2D eigenvalue weighted by atomic mass is 32.2. The Morgan fingerprint density at radius 2 is 2.00 bits per heavy atom. The lowest BCUT2D eigenvalue weighted by molar-refractivity contribution is -0.115. The zero-order valence-electron chi connectivity index (χ0n) is 10.6. The van der Waals surface area contributed by atoms with Crippen molar-refractivity contribution >= 4 is 32.5 Å². The van der Waals surface area contributed by atoms with Gasteiger partial charge < -0.3 is 10.4 Å². The minimum absolute atomic E-state index is 0.226. The second kappa shape index (κ2) is 5.10. The number of aromatic hydroxyl groups is 1. The van der Waals surface area contributed by atoms with Crippen molar-refractivity contribution in [1.29, 1.82) is 0 Å². The third-order valence-electron chi connectivity index (χ3n) is 2.82. The Morgan fingerprint density at radius 1 is 1.30 bits per heavy atom. The molecule has 7 heteroatoms. The van der Waals surface area contributed by atoms with Gasteiger partial charge in [0.05, 0.1) is 10.6 Å². The van der Waals surface area contributed by atoms with Crippen molar-refractivity contribution in [3.05, 3.63) is 30.3 Å². The maximum Gasteiger partial charge on any atom is 0.294 e. The zero-order valence-corrected chi connectivity index (χ0v) is 11.4. The third-order valence-corrected chi connectivity index (χ3v) is 3.65. The summed E-state index contributed by atoms with van der Waals surface area (Å²) in [6.07, 6.45) is 0.278. The van der Waals surface area contributed by atoms with E-state index in [4.69, 9.17) is 4.55 Å². The topological polar surface area (TPSA) is 104 Å². The van der Waals surface area contributed by atoms with E-state index in [1.165, 1.54) is 6.07 Å². The average molecular weight is 295 g/mol. The summed E-state index contributed by atoms with van der Waals surface area (Å²) in [5.74, 6) is -0.558. The first-order valence-corrected chi connectivity index (χ1v) is 7.30. The molecule has 0 saturated heterocycles. The highest BCUT2D eigenvalue weighted by Gasteiger charge is 2.15. The van der Waals surface area contributed by atoms with Crippen LogP contribution in [0.5, 0.6) is 5.75 Å². The van der Waals surface area contributed by atoms with Gasteiger partial charge in [0.25, 0.3) is 10.1 Å². The van der Waals surface area contributed by atoms with Crippen molar-refractivity contribution in [3.8, 4) is 5.75 Å². The molecule has 2 aromatic rings. The molecule has 0 fully saturated rings. The molecule has 0 bridgehead atoms. The smallest absolute Gasteiger partial charge is 0.294 e. The number of fused-ring (bicyclic) bond motifs is 1. The third kappa shape index (κ3) is 2.73. The van der Waals surface area contributed by atoms with E-state index < -0.39 is 15.0 Å². The molecule has 0 unspecified atom stereocenters. The molecule has 3 N–H and O–H groups in total. The van der Waals surface area contributed by atoms with Gasteiger partial charge in [-0.1, -0.05) is 19.1 Å². The fourth-order valence-electron chi connectivity index (χ4n) is 1.87. The molecule has 0 atom stereocenters. The first-order valence-electron chi connectivity index (χ1n) is 5.86. The number of anilines is 1. The SMILES string of the molecule is CCC(=O)Nc1cccc2cc(S(=O)(=O)O)cc(O)c12. The van der Waals surface area contributed by atoms with Gasteiger partial charge in [-0.05, 0) is 17.5 Å². The van der Waals surface area contributed by atoms with Crippen LogP contribution in [0.25, 0.3) is 10.8 Å². The fraction of sp³-hybridized carbons (Fsp3) is 0.154. The maximum absolute atomic E-state index is 11.4. The number of carbonyl (C=O) groups excluding carboxylic acids is 1. The largest absolute Gasteiger partial charge is 0.507 e. The van der Waals surface area contributed by atoms with Crippen LogP contribution in [0, 0.1) is 0 Å². The lowest BCUT2D eigenvalue weighted by Crippen LogP contribution is -2.09. The van der Waals surface area contributed by atoms with Crippen molar-refractivity contribution in [2.45, 2.75) is 18.2 Å². The molecule has 0 aliphatic rings. The van der Waals surface area contributed by atoms with Crippen molar-refractivity contribution in [2.24, 2.45) is 0 Å². The van der Waals surface area contributed by atoms with Gasteiger partial charge in [0, 0.05) is 17.9 Å². The highest BCUT2D eigenvalue weighted by Crippen LogP contribution is 2.34. The van der Waals surface area contributed by atoms with Crippen molar-refractivity contribution < 1.29 is 22.9 Å². The van der Waals surface area contributed by atoms with E-state index >= 15 is 0 Å². The van der Waals surface area contributed by atoms with Crippen molar-refractivity contribution in [1.82, 2.24) is 0 Å². The Morgan fingerprint density at radius 3 is 2.60 bits per heavy atom. The van der Waals surface area contributed by atoms with Crippen LogP contribution in [0.2, 0.25) is 0 Å². The summed E-state index contributed by atoms with van der Waals surface area (Å²) in [5.41, 5.74) is 0.383. The number of hydrogen-bond acceptors (Lipinski definition) is 4. The quantitative estimate of drug-likeness (QED) is 0.753. The summed E-state index contributed by atoms with van der Waals surface area (Å²) in [4.78, 5) is 11.0. The van der Waals surface area contributed by atoms with Crippen molar-refractivity contribution in [2.75, 3.05) is 5.32 Å². The highest BCUT2D eigenvalue weighted by molar-refractivity contribution is 7.85. The van der Waals surface area contributed by atoms with Crippen LogP contribution < -0.4 is 5.32 Å². The van der Waals surface area contributed by atoms with Gasteiger partial charge in [0.2, 0.25) is 5.91 Å². The summed E-state index contributed by atoms with van der Waals surface area (Å²) >= 11 is 0. The van der Waals surface area contributed by atoms with Gasteiger partial charge in [0.15, 0.2) is 0 Å². The monoisotopic (exact) mass is 295 g/mol. The normalized spacial score (nSPS) is 11.5. The predicted octanol–water partition coefficient (Wildman–Crippen LogP) is 2.14. The molecule has 0 saturated carbocycles. The van der Waals surface area contributed by atoms with Gasteiger partial charge in [0.1, 0.15) is 5.75 Å². The summed E-state index contributed by atoms with van der Waals surface area (Å²) in [5, 5.41) is 13.3. The van der Waals surface area contributed by atoms with Gasteiger partial charge in [-0.3, -0.25) is 9.35 Å². The molecule has 6 nitrogen and oxygen atoms in total. The number of phenols is 1. The van der Waals surface area contributed by atoms with Gasteiger partial charge in [-0.25, -0.2) is 0 Å². The molecule has 0 spiro atoms. The van der Waals surface area contributed by atoms with Gasteiger partial charge in [-0.2, -0.15) is 8.42 Å². The molecular weight excluding hydrogens is 282 g/mol. The first-order chi connectivity index (χ1) is 9.32. The van der Waals surface area contributed by atoms with E-state index in [-0.39, 0.29) is 18.1 Å². The van der Waals surface area contributed by atoms with Crippen LogP contribution in [0.4, 0.5) is 5.69 Å². The molecule has 0 aromatic heterocycles. The number of nitrogens with one attached hydrogen (secondary N) is 1. The molecule has 0 aliphatic carbocycles. The maximum atomic E-state index is 11.4. The fourth-order valence-corrected chi connectivity index (χ4v) is 2.41. The van der Waals surface area contributed by atoms with E-state index in [1.807, 2.05) is 0 Å². The van der Waals surface area contributed by atoms with Crippen molar-refractivity contribution in [3.63, 3.8) is 0 Å². The van der Waals surface area contributed by atoms with Crippen LogP contribution >= 0.6 is 0 Å². The Hall–Kier alpha value is -2.12. The zero-order chi connectivity index (χ0) is 14.9. The molecule has 0 aliphatic heterocycles. The first kappa shape index (κ1) is 14.3. The lowest BCUT2D eigenvalue weighted by Gasteiger charge is -2.10. The number of phenolic OH excluding ortho intramolecular Hbond substituents is 1. The van der Waals surface area contributed by atoms with Gasteiger partial charge in [-0.15, -0.1) is 0 Å². The summed E-state index contributed by atoms with van der Waals surface area (Å²) in [7, 11) is -4.40. The van der Waals surface area contributed by atoms with E-state index in [9.17, 15) is 18.3 Å². The second-order valence-electron chi connectivity index (χ2n) is 4.22. The Labute approximate surface area is 115 Å². The molecule has 106 valence electrons. The number of benzene rings is 2. The second-order valence-corrected chi connectivity index (χ2v) is 5.64. The van der Waals surface area contributed by atoms with Crippen LogP contribution in [0.3, 0.4) is 0 Å². The number of rotatable bonds is 3. The predicted molar refractivity (Wildman–Crippen MR) is 74.3 cm³/mol. The lowest BCUT2D eigenvalue weighted by atomic mass is 10.1. The van der Waals surface area contributed by atoms with E-state index in [0.29, 0.717) is 16.5 Å². The average Bonchev–Trinajstić information content (AvgIpc) is 2.37. The molecule has 20 heavy (non-hydrogen) atoms. The molecule has 0 radical (unpaired) electrons. The molecule has 2 aromatic carbocycles. The molecule has 1 amide bonds. The van der Waals surface area contributed by atoms with Crippen LogP contribution in [-0.2, 0) is 14.9 Å². The van der Waals surface area contributed by atoms with E-state index in [0.717, 1.165) is 6.07 Å².